The van der Waals surface area contributed by atoms with Crippen molar-refractivity contribution in [3.05, 3.63) is 78.2 Å². The quantitative estimate of drug-likeness (QED) is 0.750. The highest BCUT2D eigenvalue weighted by Crippen LogP contribution is 2.20. The molecule has 0 aliphatic heterocycles. The Morgan fingerprint density at radius 2 is 1.71 bits per heavy atom. The molecule has 0 aliphatic carbocycles. The summed E-state index contributed by atoms with van der Waals surface area (Å²) in [7, 11) is 4.14. The highest BCUT2D eigenvalue weighted by molar-refractivity contribution is 5.63. The Labute approximate surface area is 143 Å². The Bertz CT molecular complexity index is 784. The second-order valence-corrected chi connectivity index (χ2v) is 6.08. The van der Waals surface area contributed by atoms with Crippen molar-refractivity contribution in [2.24, 2.45) is 0 Å². The average Bonchev–Trinajstić information content (AvgIpc) is 2.61. The number of aromatic nitrogens is 2. The van der Waals surface area contributed by atoms with E-state index < -0.39 is 0 Å². The van der Waals surface area contributed by atoms with E-state index in [1.165, 1.54) is 22.3 Å². The number of hydrogen-bond acceptors (Lipinski definition) is 4. The summed E-state index contributed by atoms with van der Waals surface area (Å²) < 4.78 is 0. The fourth-order valence-electron chi connectivity index (χ4n) is 2.63. The lowest BCUT2D eigenvalue weighted by Gasteiger charge is -2.12. The predicted molar refractivity (Wildman–Crippen MR) is 98.6 cm³/mol. The molecule has 0 saturated heterocycles. The molecule has 0 fully saturated rings. The lowest BCUT2D eigenvalue weighted by Crippen LogP contribution is -2.11. The number of hydrogen-bond donors (Lipinski definition) is 1. The number of pyridine rings is 2. The second-order valence-electron chi connectivity index (χ2n) is 6.08. The first-order valence-electron chi connectivity index (χ1n) is 8.03. The largest absolute Gasteiger partial charge is 0.366 e. The molecule has 2 aromatic heterocycles. The van der Waals surface area contributed by atoms with E-state index in [0.29, 0.717) is 0 Å². The fourth-order valence-corrected chi connectivity index (χ4v) is 2.63. The molecule has 24 heavy (non-hydrogen) atoms. The lowest BCUT2D eigenvalue weighted by molar-refractivity contribution is 0.402. The van der Waals surface area contributed by atoms with E-state index >= 15 is 0 Å². The minimum Gasteiger partial charge on any atom is -0.366 e. The monoisotopic (exact) mass is 318 g/mol. The van der Waals surface area contributed by atoms with Crippen LogP contribution in [0.5, 0.6) is 0 Å². The van der Waals surface area contributed by atoms with Gasteiger partial charge in [0.05, 0.1) is 0 Å². The van der Waals surface area contributed by atoms with Crippen LogP contribution >= 0.6 is 0 Å². The van der Waals surface area contributed by atoms with Gasteiger partial charge >= 0.3 is 0 Å². The molecule has 122 valence electrons. The predicted octanol–water partition coefficient (Wildman–Crippen LogP) is 3.82. The Morgan fingerprint density at radius 3 is 2.50 bits per heavy atom. The van der Waals surface area contributed by atoms with Crippen molar-refractivity contribution in [1.82, 2.24) is 14.9 Å². The van der Waals surface area contributed by atoms with Crippen molar-refractivity contribution < 1.29 is 0 Å². The molecule has 0 radical (unpaired) electrons. The molecule has 2 heterocycles. The van der Waals surface area contributed by atoms with Crippen molar-refractivity contribution in [2.75, 3.05) is 19.4 Å². The molecule has 0 aliphatic rings. The highest BCUT2D eigenvalue weighted by Gasteiger charge is 2.01. The summed E-state index contributed by atoms with van der Waals surface area (Å²) in [6, 6.07) is 16.7. The van der Waals surface area contributed by atoms with Crippen LogP contribution in [0.3, 0.4) is 0 Å². The summed E-state index contributed by atoms with van der Waals surface area (Å²) in [5, 5.41) is 3.41. The maximum Gasteiger partial charge on any atom is 0.126 e. The molecular weight excluding hydrogens is 296 g/mol. The Balaban J connectivity index is 1.69. The van der Waals surface area contributed by atoms with Gasteiger partial charge in [-0.05, 0) is 66.7 Å². The van der Waals surface area contributed by atoms with E-state index in [1.54, 1.807) is 0 Å². The first-order valence-corrected chi connectivity index (χ1v) is 8.03. The third kappa shape index (κ3) is 4.40. The zero-order valence-corrected chi connectivity index (χ0v) is 14.1. The molecule has 0 atom stereocenters. The molecule has 1 N–H and O–H groups in total. The van der Waals surface area contributed by atoms with Crippen LogP contribution < -0.4 is 5.32 Å². The molecule has 3 rings (SSSR count). The van der Waals surface area contributed by atoms with E-state index in [-0.39, 0.29) is 0 Å². The van der Waals surface area contributed by atoms with E-state index in [2.05, 4.69) is 70.7 Å². The van der Waals surface area contributed by atoms with Gasteiger partial charge in [-0.15, -0.1) is 0 Å². The van der Waals surface area contributed by atoms with Gasteiger partial charge in [0.1, 0.15) is 5.82 Å². The van der Waals surface area contributed by atoms with E-state index in [9.17, 15) is 0 Å². The van der Waals surface area contributed by atoms with Gasteiger partial charge < -0.3 is 10.2 Å². The molecule has 1 aromatic carbocycles. The van der Waals surface area contributed by atoms with Crippen molar-refractivity contribution in [1.29, 1.82) is 0 Å². The van der Waals surface area contributed by atoms with Gasteiger partial charge in [-0.3, -0.25) is 4.98 Å². The zero-order chi connectivity index (χ0) is 16.8. The maximum atomic E-state index is 4.40. The lowest BCUT2D eigenvalue weighted by atomic mass is 10.0. The summed E-state index contributed by atoms with van der Waals surface area (Å²) in [4.78, 5) is 10.6. The molecule has 4 heteroatoms. The Morgan fingerprint density at radius 1 is 0.875 bits per heavy atom. The van der Waals surface area contributed by atoms with Gasteiger partial charge in [-0.25, -0.2) is 4.98 Å². The van der Waals surface area contributed by atoms with Gasteiger partial charge in [-0.1, -0.05) is 18.2 Å². The molecule has 0 bridgehead atoms. The van der Waals surface area contributed by atoms with Crippen LogP contribution in [-0.2, 0) is 13.1 Å². The average molecular weight is 318 g/mol. The van der Waals surface area contributed by atoms with Crippen molar-refractivity contribution in [2.45, 2.75) is 13.1 Å². The first-order chi connectivity index (χ1) is 11.7. The van der Waals surface area contributed by atoms with Gasteiger partial charge in [-0.2, -0.15) is 0 Å². The number of rotatable bonds is 6. The molecule has 0 unspecified atom stereocenters. The molecule has 0 amide bonds. The third-order valence-electron chi connectivity index (χ3n) is 3.74. The van der Waals surface area contributed by atoms with Crippen LogP contribution in [0.1, 0.15) is 11.1 Å². The topological polar surface area (TPSA) is 41.1 Å². The van der Waals surface area contributed by atoms with E-state index in [0.717, 1.165) is 18.9 Å². The molecule has 0 saturated carbocycles. The van der Waals surface area contributed by atoms with Crippen LogP contribution in [0.2, 0.25) is 0 Å². The third-order valence-corrected chi connectivity index (χ3v) is 3.74. The number of nitrogens with one attached hydrogen (secondary N) is 1. The maximum absolute atomic E-state index is 4.40. The number of nitrogens with zero attached hydrogens (tertiary/aromatic N) is 3. The highest BCUT2D eigenvalue weighted by atomic mass is 15.1. The van der Waals surface area contributed by atoms with E-state index in [4.69, 9.17) is 0 Å². The van der Waals surface area contributed by atoms with Gasteiger partial charge in [0.2, 0.25) is 0 Å². The van der Waals surface area contributed by atoms with Crippen LogP contribution in [0.25, 0.3) is 11.1 Å². The second kappa shape index (κ2) is 7.70. The minimum absolute atomic E-state index is 0.747. The number of anilines is 1. The van der Waals surface area contributed by atoms with Crippen molar-refractivity contribution in [3.63, 3.8) is 0 Å². The summed E-state index contributed by atoms with van der Waals surface area (Å²) in [6.45, 7) is 1.66. The molecule has 4 nitrogen and oxygen atoms in total. The van der Waals surface area contributed by atoms with Gasteiger partial charge in [0.15, 0.2) is 0 Å². The van der Waals surface area contributed by atoms with Crippen molar-refractivity contribution in [3.8, 4) is 11.1 Å². The minimum atomic E-state index is 0.747. The Hall–Kier alpha value is -2.72. The summed E-state index contributed by atoms with van der Waals surface area (Å²) in [5.41, 5.74) is 4.86. The van der Waals surface area contributed by atoms with E-state index in [1.807, 2.05) is 30.7 Å². The zero-order valence-electron chi connectivity index (χ0n) is 14.1. The number of benzene rings is 1. The summed E-state index contributed by atoms with van der Waals surface area (Å²) in [5.74, 6) is 0.906. The van der Waals surface area contributed by atoms with Crippen molar-refractivity contribution >= 4 is 5.82 Å². The SMILES string of the molecule is CN(C)Cc1ccnc(NCc2cccc(-c3ccncc3)c2)c1. The van der Waals surface area contributed by atoms with Crippen LogP contribution in [0.4, 0.5) is 5.82 Å². The standard InChI is InChI=1S/C20H22N4/c1-24(2)15-17-6-11-22-20(13-17)23-14-16-4-3-5-19(12-16)18-7-9-21-10-8-18/h3-13H,14-15H2,1-2H3,(H,22,23). The van der Waals surface area contributed by atoms with Gasteiger partial charge in [0, 0.05) is 31.7 Å². The smallest absolute Gasteiger partial charge is 0.126 e. The fraction of sp³-hybridized carbons (Fsp3) is 0.200. The summed E-state index contributed by atoms with van der Waals surface area (Å²) in [6.07, 6.45) is 5.50. The first kappa shape index (κ1) is 16.1. The molecule has 0 spiro atoms. The van der Waals surface area contributed by atoms with Crippen LogP contribution in [-0.4, -0.2) is 29.0 Å². The molecule has 3 aromatic rings. The van der Waals surface area contributed by atoms with Gasteiger partial charge in [0.25, 0.3) is 0 Å². The normalized spacial score (nSPS) is 10.8. The van der Waals surface area contributed by atoms with Crippen LogP contribution in [0, 0.1) is 0 Å². The summed E-state index contributed by atoms with van der Waals surface area (Å²) >= 11 is 0. The molecular formula is C20H22N4. The van der Waals surface area contributed by atoms with Crippen LogP contribution in [0.15, 0.2) is 67.1 Å². The Kier molecular flexibility index (Phi) is 5.18.